The molecule has 0 unspecified atom stereocenters. The van der Waals surface area contributed by atoms with Gasteiger partial charge in [-0.3, -0.25) is 9.48 Å². The van der Waals surface area contributed by atoms with E-state index in [9.17, 15) is 4.79 Å². The maximum absolute atomic E-state index is 12.1. The lowest BCUT2D eigenvalue weighted by molar-refractivity contribution is -0.116. The van der Waals surface area contributed by atoms with Gasteiger partial charge >= 0.3 is 0 Å². The van der Waals surface area contributed by atoms with Crippen molar-refractivity contribution in [1.29, 1.82) is 0 Å². The van der Waals surface area contributed by atoms with Gasteiger partial charge in [0.25, 0.3) is 0 Å². The molecular weight excluding hydrogens is 286 g/mol. The van der Waals surface area contributed by atoms with Gasteiger partial charge in [0.15, 0.2) is 0 Å². The smallest absolute Gasteiger partial charge is 0.224 e. The molecule has 21 heavy (non-hydrogen) atoms. The van der Waals surface area contributed by atoms with Crippen molar-refractivity contribution in [2.45, 2.75) is 33.6 Å². The first-order valence-corrected chi connectivity index (χ1v) is 7.32. The summed E-state index contributed by atoms with van der Waals surface area (Å²) in [6.45, 7) is 5.89. The van der Waals surface area contributed by atoms with Crippen molar-refractivity contribution in [1.82, 2.24) is 9.78 Å². The minimum absolute atomic E-state index is 0.0111. The van der Waals surface area contributed by atoms with Gasteiger partial charge in [-0.15, -0.1) is 0 Å². The van der Waals surface area contributed by atoms with Gasteiger partial charge in [0.1, 0.15) is 0 Å². The Morgan fingerprint density at radius 3 is 2.67 bits per heavy atom. The van der Waals surface area contributed by atoms with Crippen LogP contribution in [0.4, 0.5) is 5.69 Å². The largest absolute Gasteiger partial charge is 0.326 e. The third kappa shape index (κ3) is 3.45. The summed E-state index contributed by atoms with van der Waals surface area (Å²) < 4.78 is 1.85. The highest BCUT2D eigenvalue weighted by atomic mass is 35.5. The minimum Gasteiger partial charge on any atom is -0.326 e. The van der Waals surface area contributed by atoms with Crippen molar-refractivity contribution in [2.75, 3.05) is 5.32 Å². The molecule has 0 saturated carbocycles. The lowest BCUT2D eigenvalue weighted by Crippen LogP contribution is -2.13. The van der Waals surface area contributed by atoms with Gasteiger partial charge in [-0.1, -0.05) is 17.7 Å². The molecule has 1 aromatic heterocycles. The number of halogens is 1. The SMILES string of the molecule is Cc1nn(C)c(C)c1CCC(=O)Nc1cccc(Cl)c1C. The second-order valence-electron chi connectivity index (χ2n) is 5.23. The van der Waals surface area contributed by atoms with E-state index in [1.807, 2.05) is 50.7 Å². The van der Waals surface area contributed by atoms with Crippen LogP contribution in [0.2, 0.25) is 5.02 Å². The average molecular weight is 306 g/mol. The number of nitrogens with zero attached hydrogens (tertiary/aromatic N) is 2. The first kappa shape index (κ1) is 15.6. The number of aryl methyl sites for hydroxylation is 2. The van der Waals surface area contributed by atoms with Crippen LogP contribution in [0.5, 0.6) is 0 Å². The Bertz CT molecular complexity index is 676. The zero-order chi connectivity index (χ0) is 15.6. The average Bonchev–Trinajstić information content (AvgIpc) is 2.67. The van der Waals surface area contributed by atoms with E-state index >= 15 is 0 Å². The topological polar surface area (TPSA) is 46.9 Å². The summed E-state index contributed by atoms with van der Waals surface area (Å²) >= 11 is 6.05. The standard InChI is InChI=1S/C16H20ClN3O/c1-10-14(17)6-5-7-15(10)18-16(21)9-8-13-11(2)19-20(4)12(13)3/h5-7H,8-9H2,1-4H3,(H,18,21). The Hall–Kier alpha value is -1.81. The first-order chi connectivity index (χ1) is 9.90. The van der Waals surface area contributed by atoms with Crippen molar-refractivity contribution in [3.05, 3.63) is 45.7 Å². The molecule has 1 aromatic carbocycles. The second-order valence-corrected chi connectivity index (χ2v) is 5.64. The fourth-order valence-electron chi connectivity index (χ4n) is 2.37. The van der Waals surface area contributed by atoms with Crippen molar-refractivity contribution in [2.24, 2.45) is 7.05 Å². The zero-order valence-corrected chi connectivity index (χ0v) is 13.6. The van der Waals surface area contributed by atoms with Gasteiger partial charge in [0.2, 0.25) is 5.91 Å². The highest BCUT2D eigenvalue weighted by Gasteiger charge is 2.12. The van der Waals surface area contributed by atoms with Gasteiger partial charge in [-0.2, -0.15) is 5.10 Å². The summed E-state index contributed by atoms with van der Waals surface area (Å²) in [4.78, 5) is 12.1. The number of hydrogen-bond donors (Lipinski definition) is 1. The Kier molecular flexibility index (Phi) is 4.68. The number of aromatic nitrogens is 2. The van der Waals surface area contributed by atoms with E-state index in [0.717, 1.165) is 28.2 Å². The maximum Gasteiger partial charge on any atom is 0.224 e. The molecule has 0 bridgehead atoms. The Morgan fingerprint density at radius 1 is 1.33 bits per heavy atom. The fraction of sp³-hybridized carbons (Fsp3) is 0.375. The van der Waals surface area contributed by atoms with Crippen molar-refractivity contribution in [3.8, 4) is 0 Å². The van der Waals surface area contributed by atoms with Gasteiger partial charge < -0.3 is 5.32 Å². The van der Waals surface area contributed by atoms with Crippen molar-refractivity contribution < 1.29 is 4.79 Å². The quantitative estimate of drug-likeness (QED) is 0.938. The van der Waals surface area contributed by atoms with Crippen LogP contribution in [0.25, 0.3) is 0 Å². The van der Waals surface area contributed by atoms with E-state index in [1.165, 1.54) is 0 Å². The monoisotopic (exact) mass is 305 g/mol. The molecular formula is C16H20ClN3O. The van der Waals surface area contributed by atoms with Crippen LogP contribution in [-0.4, -0.2) is 15.7 Å². The number of amides is 1. The number of hydrogen-bond acceptors (Lipinski definition) is 2. The van der Waals surface area contributed by atoms with Gasteiger partial charge in [0.05, 0.1) is 5.69 Å². The number of benzene rings is 1. The Balaban J connectivity index is 2.01. The molecule has 4 nitrogen and oxygen atoms in total. The van der Waals surface area contributed by atoms with Crippen LogP contribution in [0.1, 0.15) is 28.9 Å². The van der Waals surface area contributed by atoms with Crippen LogP contribution in [0.3, 0.4) is 0 Å². The molecule has 0 spiro atoms. The molecule has 112 valence electrons. The van der Waals surface area contributed by atoms with E-state index in [0.29, 0.717) is 17.9 Å². The molecule has 0 aliphatic rings. The van der Waals surface area contributed by atoms with Crippen LogP contribution in [0, 0.1) is 20.8 Å². The van der Waals surface area contributed by atoms with E-state index in [-0.39, 0.29) is 5.91 Å². The molecule has 0 saturated heterocycles. The molecule has 2 rings (SSSR count). The van der Waals surface area contributed by atoms with Crippen molar-refractivity contribution >= 4 is 23.2 Å². The van der Waals surface area contributed by atoms with Crippen LogP contribution in [-0.2, 0) is 18.3 Å². The summed E-state index contributed by atoms with van der Waals surface area (Å²) in [6, 6.07) is 5.51. The summed E-state index contributed by atoms with van der Waals surface area (Å²) in [5, 5.41) is 7.94. The number of carbonyl (C=O) groups excluding carboxylic acids is 1. The van der Waals surface area contributed by atoms with E-state index in [4.69, 9.17) is 11.6 Å². The molecule has 1 N–H and O–H groups in total. The van der Waals surface area contributed by atoms with Crippen molar-refractivity contribution in [3.63, 3.8) is 0 Å². The molecule has 1 heterocycles. The normalized spacial score (nSPS) is 10.7. The van der Waals surface area contributed by atoms with Gasteiger partial charge in [-0.25, -0.2) is 0 Å². The number of anilines is 1. The molecule has 5 heteroatoms. The van der Waals surface area contributed by atoms with Gasteiger partial charge in [0, 0.05) is 29.9 Å². The highest BCUT2D eigenvalue weighted by Crippen LogP contribution is 2.23. The van der Waals surface area contributed by atoms with Crippen LogP contribution < -0.4 is 5.32 Å². The number of rotatable bonds is 4. The molecule has 1 amide bonds. The van der Waals surface area contributed by atoms with E-state index in [1.54, 1.807) is 0 Å². The van der Waals surface area contributed by atoms with Crippen LogP contribution in [0.15, 0.2) is 18.2 Å². The highest BCUT2D eigenvalue weighted by molar-refractivity contribution is 6.31. The number of carbonyl (C=O) groups is 1. The molecule has 0 atom stereocenters. The lowest BCUT2D eigenvalue weighted by atomic mass is 10.1. The maximum atomic E-state index is 12.1. The summed E-state index contributed by atoms with van der Waals surface area (Å²) in [7, 11) is 1.92. The summed E-state index contributed by atoms with van der Waals surface area (Å²) in [5.74, 6) is -0.0111. The van der Waals surface area contributed by atoms with E-state index in [2.05, 4.69) is 10.4 Å². The lowest BCUT2D eigenvalue weighted by Gasteiger charge is -2.09. The third-order valence-corrected chi connectivity index (χ3v) is 4.21. The molecule has 0 fully saturated rings. The number of nitrogens with one attached hydrogen (secondary N) is 1. The summed E-state index contributed by atoms with van der Waals surface area (Å²) in [5.41, 5.74) is 4.91. The Labute approximate surface area is 130 Å². The second kappa shape index (κ2) is 6.31. The molecule has 0 radical (unpaired) electrons. The first-order valence-electron chi connectivity index (χ1n) is 6.94. The summed E-state index contributed by atoms with van der Waals surface area (Å²) in [6.07, 6.45) is 1.12. The molecule has 2 aromatic rings. The molecule has 0 aliphatic carbocycles. The van der Waals surface area contributed by atoms with Gasteiger partial charge in [-0.05, 0) is 50.5 Å². The predicted molar refractivity (Wildman–Crippen MR) is 85.8 cm³/mol. The fourth-order valence-corrected chi connectivity index (χ4v) is 2.55. The Morgan fingerprint density at radius 2 is 2.05 bits per heavy atom. The predicted octanol–water partition coefficient (Wildman–Crippen LogP) is 3.57. The third-order valence-electron chi connectivity index (χ3n) is 3.80. The minimum atomic E-state index is -0.0111. The van der Waals surface area contributed by atoms with E-state index < -0.39 is 0 Å². The van der Waals surface area contributed by atoms with Crippen LogP contribution >= 0.6 is 11.6 Å². The molecule has 0 aliphatic heterocycles. The zero-order valence-electron chi connectivity index (χ0n) is 12.8.